The molecule has 1 saturated carbocycles. The fourth-order valence-corrected chi connectivity index (χ4v) is 4.07. The average molecular weight is 228 g/mol. The first-order valence-electron chi connectivity index (χ1n) is 6.23. The fourth-order valence-electron chi connectivity index (χ4n) is 3.07. The fraction of sp³-hybridized carbons (Fsp3) is 1.00. The second-order valence-electron chi connectivity index (χ2n) is 5.10. The largest absolute Gasteiger partial charge is 0.316 e. The van der Waals surface area contributed by atoms with E-state index in [2.05, 4.69) is 35.3 Å². The lowest BCUT2D eigenvalue weighted by molar-refractivity contribution is 0.292. The topological polar surface area (TPSA) is 15.3 Å². The molecule has 0 spiro atoms. The zero-order valence-electron chi connectivity index (χ0n) is 10.1. The van der Waals surface area contributed by atoms with Crippen molar-refractivity contribution in [3.63, 3.8) is 0 Å². The van der Waals surface area contributed by atoms with E-state index in [-0.39, 0.29) is 0 Å². The van der Waals surface area contributed by atoms with Gasteiger partial charge in [-0.1, -0.05) is 12.8 Å². The molecule has 15 heavy (non-hydrogen) atoms. The zero-order valence-corrected chi connectivity index (χ0v) is 10.9. The highest BCUT2D eigenvalue weighted by atomic mass is 32.2. The number of likely N-dealkylation sites (tertiary alicyclic amines) is 1. The number of nitrogens with one attached hydrogen (secondary N) is 1. The smallest absolute Gasteiger partial charge is 0.0284 e. The molecule has 1 heterocycles. The summed E-state index contributed by atoms with van der Waals surface area (Å²) in [6.07, 6.45) is 9.41. The Morgan fingerprint density at radius 3 is 2.67 bits per heavy atom. The Morgan fingerprint density at radius 1 is 1.40 bits per heavy atom. The molecule has 0 aromatic rings. The van der Waals surface area contributed by atoms with Crippen LogP contribution in [0.2, 0.25) is 0 Å². The first-order valence-corrected chi connectivity index (χ1v) is 7.45. The summed E-state index contributed by atoms with van der Waals surface area (Å²) in [5.41, 5.74) is 0. The molecule has 1 saturated heterocycles. The molecule has 2 rings (SSSR count). The summed E-state index contributed by atoms with van der Waals surface area (Å²) >= 11 is 2.11. The standard InChI is InChI=1S/C12H24N2S/c1-13-11-5-8-14(9-11)10-12(15-2)6-3-4-7-12/h11,13H,3-10H2,1-2H3. The van der Waals surface area contributed by atoms with Gasteiger partial charge in [0.25, 0.3) is 0 Å². The molecule has 88 valence electrons. The number of hydrogen-bond acceptors (Lipinski definition) is 3. The first-order chi connectivity index (χ1) is 7.28. The van der Waals surface area contributed by atoms with E-state index in [4.69, 9.17) is 0 Å². The van der Waals surface area contributed by atoms with E-state index >= 15 is 0 Å². The van der Waals surface area contributed by atoms with Gasteiger partial charge in [-0.3, -0.25) is 0 Å². The molecule has 1 unspecified atom stereocenters. The summed E-state index contributed by atoms with van der Waals surface area (Å²) in [4.78, 5) is 2.67. The monoisotopic (exact) mass is 228 g/mol. The third kappa shape index (κ3) is 2.69. The minimum Gasteiger partial charge on any atom is -0.316 e. The number of likely N-dealkylation sites (N-methyl/N-ethyl adjacent to an activating group) is 1. The Balaban J connectivity index is 1.85. The van der Waals surface area contributed by atoms with Crippen molar-refractivity contribution in [3.8, 4) is 0 Å². The number of thioether (sulfide) groups is 1. The van der Waals surface area contributed by atoms with Crippen LogP contribution < -0.4 is 5.32 Å². The van der Waals surface area contributed by atoms with Crippen LogP contribution >= 0.6 is 11.8 Å². The quantitative estimate of drug-likeness (QED) is 0.792. The van der Waals surface area contributed by atoms with Crippen molar-refractivity contribution in [2.75, 3.05) is 32.9 Å². The Bertz CT molecular complexity index is 202. The highest BCUT2D eigenvalue weighted by Crippen LogP contribution is 2.41. The zero-order chi connectivity index (χ0) is 10.7. The van der Waals surface area contributed by atoms with Crippen molar-refractivity contribution in [2.24, 2.45) is 0 Å². The van der Waals surface area contributed by atoms with E-state index in [0.717, 1.165) is 6.04 Å². The van der Waals surface area contributed by atoms with Crippen LogP contribution in [0.15, 0.2) is 0 Å². The van der Waals surface area contributed by atoms with Crippen LogP contribution in [0.1, 0.15) is 32.1 Å². The van der Waals surface area contributed by atoms with Crippen molar-refractivity contribution in [1.82, 2.24) is 10.2 Å². The molecule has 0 radical (unpaired) electrons. The molecule has 2 aliphatic rings. The maximum absolute atomic E-state index is 3.40. The van der Waals surface area contributed by atoms with Crippen molar-refractivity contribution < 1.29 is 0 Å². The van der Waals surface area contributed by atoms with Gasteiger partial charge in [0.15, 0.2) is 0 Å². The summed E-state index contributed by atoms with van der Waals surface area (Å²) in [5, 5.41) is 3.40. The second-order valence-corrected chi connectivity index (χ2v) is 6.38. The molecule has 1 aliphatic carbocycles. The molecule has 0 bridgehead atoms. The average Bonchev–Trinajstić information content (AvgIpc) is 2.88. The Labute approximate surface area is 98.2 Å². The second kappa shape index (κ2) is 5.07. The van der Waals surface area contributed by atoms with Crippen LogP contribution in [0.5, 0.6) is 0 Å². The minimum atomic E-state index is 0.600. The summed E-state index contributed by atoms with van der Waals surface area (Å²) in [6.45, 7) is 3.89. The highest BCUT2D eigenvalue weighted by Gasteiger charge is 2.36. The van der Waals surface area contributed by atoms with Crippen LogP contribution in [0, 0.1) is 0 Å². The van der Waals surface area contributed by atoms with Gasteiger partial charge in [0.1, 0.15) is 0 Å². The molecule has 0 aromatic heterocycles. The van der Waals surface area contributed by atoms with Crippen LogP contribution in [0.4, 0.5) is 0 Å². The Hall–Kier alpha value is 0.270. The van der Waals surface area contributed by atoms with E-state index in [9.17, 15) is 0 Å². The molecule has 0 amide bonds. The van der Waals surface area contributed by atoms with Crippen LogP contribution in [-0.2, 0) is 0 Å². The maximum atomic E-state index is 3.40. The van der Waals surface area contributed by atoms with Gasteiger partial charge in [0.2, 0.25) is 0 Å². The lowest BCUT2D eigenvalue weighted by Crippen LogP contribution is -2.39. The SMILES string of the molecule is CNC1CCN(CC2(SC)CCCC2)C1. The Kier molecular flexibility index (Phi) is 3.97. The van der Waals surface area contributed by atoms with E-state index in [1.54, 1.807) is 0 Å². The van der Waals surface area contributed by atoms with Gasteiger partial charge >= 0.3 is 0 Å². The molecular weight excluding hydrogens is 204 g/mol. The predicted molar refractivity (Wildman–Crippen MR) is 68.6 cm³/mol. The molecule has 2 nitrogen and oxygen atoms in total. The molecule has 2 fully saturated rings. The van der Waals surface area contributed by atoms with Gasteiger partial charge in [-0.15, -0.1) is 0 Å². The van der Waals surface area contributed by atoms with E-state index in [1.807, 2.05) is 0 Å². The number of nitrogens with zero attached hydrogens (tertiary/aromatic N) is 1. The Morgan fingerprint density at radius 2 is 2.13 bits per heavy atom. The molecule has 1 aliphatic heterocycles. The van der Waals surface area contributed by atoms with Gasteiger partial charge in [-0.2, -0.15) is 11.8 Å². The van der Waals surface area contributed by atoms with Crippen molar-refractivity contribution >= 4 is 11.8 Å². The first kappa shape index (κ1) is 11.7. The van der Waals surface area contributed by atoms with E-state index in [0.29, 0.717) is 4.75 Å². The highest BCUT2D eigenvalue weighted by molar-refractivity contribution is 8.00. The lowest BCUT2D eigenvalue weighted by Gasteiger charge is -2.32. The van der Waals surface area contributed by atoms with Crippen molar-refractivity contribution in [3.05, 3.63) is 0 Å². The lowest BCUT2D eigenvalue weighted by atomic mass is 10.1. The third-order valence-corrected chi connectivity index (χ3v) is 5.54. The van der Waals surface area contributed by atoms with E-state index in [1.165, 1.54) is 51.7 Å². The molecule has 1 N–H and O–H groups in total. The summed E-state index contributed by atoms with van der Waals surface area (Å²) in [7, 11) is 2.09. The van der Waals surface area contributed by atoms with Gasteiger partial charge < -0.3 is 10.2 Å². The van der Waals surface area contributed by atoms with Gasteiger partial charge in [-0.25, -0.2) is 0 Å². The predicted octanol–water partition coefficient (Wildman–Crippen LogP) is 1.96. The van der Waals surface area contributed by atoms with Crippen LogP contribution in [0.3, 0.4) is 0 Å². The summed E-state index contributed by atoms with van der Waals surface area (Å²) < 4.78 is 0.600. The summed E-state index contributed by atoms with van der Waals surface area (Å²) in [5.74, 6) is 0. The number of rotatable bonds is 4. The molecule has 1 atom stereocenters. The molecule has 0 aromatic carbocycles. The molecular formula is C12H24N2S. The molecule has 3 heteroatoms. The van der Waals surface area contributed by atoms with E-state index < -0.39 is 0 Å². The van der Waals surface area contributed by atoms with Crippen molar-refractivity contribution in [2.45, 2.75) is 42.9 Å². The summed E-state index contributed by atoms with van der Waals surface area (Å²) in [6, 6.07) is 0.741. The van der Waals surface area contributed by atoms with Crippen LogP contribution in [-0.4, -0.2) is 48.6 Å². The maximum Gasteiger partial charge on any atom is 0.0284 e. The number of hydrogen-bond donors (Lipinski definition) is 1. The third-order valence-electron chi connectivity index (χ3n) is 4.14. The van der Waals surface area contributed by atoms with Crippen molar-refractivity contribution in [1.29, 1.82) is 0 Å². The minimum absolute atomic E-state index is 0.600. The normalized spacial score (nSPS) is 31.2. The van der Waals surface area contributed by atoms with Crippen LogP contribution in [0.25, 0.3) is 0 Å². The van der Waals surface area contributed by atoms with Gasteiger partial charge in [0, 0.05) is 23.9 Å². The van der Waals surface area contributed by atoms with Gasteiger partial charge in [0.05, 0.1) is 0 Å². The van der Waals surface area contributed by atoms with Gasteiger partial charge in [-0.05, 0) is 39.1 Å².